The summed E-state index contributed by atoms with van der Waals surface area (Å²) in [5, 5.41) is 13.5. The van der Waals surface area contributed by atoms with Gasteiger partial charge in [-0.3, -0.25) is 0 Å². The molecule has 0 radical (unpaired) electrons. The SMILES string of the molecule is C=CCSCCNCC(O)COc1cccc(Cl)c1. The average Bonchev–Trinajstić information content (AvgIpc) is 2.40. The molecule has 3 nitrogen and oxygen atoms in total. The van der Waals surface area contributed by atoms with Crippen LogP contribution in [0.4, 0.5) is 0 Å². The van der Waals surface area contributed by atoms with E-state index < -0.39 is 6.10 Å². The molecule has 1 rings (SSSR count). The summed E-state index contributed by atoms with van der Waals surface area (Å²) in [6, 6.07) is 7.15. The van der Waals surface area contributed by atoms with E-state index in [2.05, 4.69) is 11.9 Å². The Labute approximate surface area is 124 Å². The van der Waals surface area contributed by atoms with Gasteiger partial charge >= 0.3 is 0 Å². The number of benzene rings is 1. The van der Waals surface area contributed by atoms with Crippen LogP contribution in [0.1, 0.15) is 0 Å². The second kappa shape index (κ2) is 10.1. The zero-order valence-electron chi connectivity index (χ0n) is 10.8. The van der Waals surface area contributed by atoms with Crippen molar-refractivity contribution in [2.75, 3.05) is 31.2 Å². The maximum Gasteiger partial charge on any atom is 0.120 e. The molecule has 1 unspecified atom stereocenters. The monoisotopic (exact) mass is 301 g/mol. The first-order chi connectivity index (χ1) is 9.22. The van der Waals surface area contributed by atoms with Crippen LogP contribution in [0.3, 0.4) is 0 Å². The van der Waals surface area contributed by atoms with Gasteiger partial charge in [-0.15, -0.1) is 6.58 Å². The van der Waals surface area contributed by atoms with Gasteiger partial charge in [0.15, 0.2) is 0 Å². The van der Waals surface area contributed by atoms with Crippen molar-refractivity contribution in [1.29, 1.82) is 0 Å². The number of ether oxygens (including phenoxy) is 1. The van der Waals surface area contributed by atoms with Crippen molar-refractivity contribution in [3.63, 3.8) is 0 Å². The Morgan fingerprint density at radius 3 is 3.11 bits per heavy atom. The van der Waals surface area contributed by atoms with Gasteiger partial charge in [0, 0.05) is 29.6 Å². The van der Waals surface area contributed by atoms with Crippen molar-refractivity contribution in [2.24, 2.45) is 0 Å². The zero-order chi connectivity index (χ0) is 13.9. The van der Waals surface area contributed by atoms with Crippen LogP contribution in [-0.2, 0) is 0 Å². The first-order valence-electron chi connectivity index (χ1n) is 6.18. The Bertz CT molecular complexity index is 376. The number of rotatable bonds is 10. The first kappa shape index (κ1) is 16.4. The van der Waals surface area contributed by atoms with E-state index in [4.69, 9.17) is 16.3 Å². The maximum absolute atomic E-state index is 9.74. The largest absolute Gasteiger partial charge is 0.491 e. The molecule has 1 aromatic carbocycles. The highest BCUT2D eigenvalue weighted by Gasteiger charge is 2.04. The van der Waals surface area contributed by atoms with Crippen LogP contribution in [-0.4, -0.2) is 42.4 Å². The number of hydrogen-bond acceptors (Lipinski definition) is 4. The fourth-order valence-electron chi connectivity index (χ4n) is 1.39. The molecule has 106 valence electrons. The molecular formula is C14H20ClNO2S. The zero-order valence-corrected chi connectivity index (χ0v) is 12.4. The van der Waals surface area contributed by atoms with Crippen LogP contribution in [0.15, 0.2) is 36.9 Å². The van der Waals surface area contributed by atoms with Crippen molar-refractivity contribution >= 4 is 23.4 Å². The summed E-state index contributed by atoms with van der Waals surface area (Å²) in [6.45, 7) is 5.31. The number of halogens is 1. The van der Waals surface area contributed by atoms with Crippen LogP contribution >= 0.6 is 23.4 Å². The Morgan fingerprint density at radius 1 is 1.53 bits per heavy atom. The molecule has 0 aromatic heterocycles. The van der Waals surface area contributed by atoms with Gasteiger partial charge in [0.1, 0.15) is 18.5 Å². The molecule has 0 spiro atoms. The molecule has 0 saturated heterocycles. The minimum Gasteiger partial charge on any atom is -0.491 e. The second-order valence-corrected chi connectivity index (χ2v) is 5.58. The van der Waals surface area contributed by atoms with Gasteiger partial charge in [-0.05, 0) is 18.2 Å². The minimum atomic E-state index is -0.525. The highest BCUT2D eigenvalue weighted by molar-refractivity contribution is 7.99. The second-order valence-electron chi connectivity index (χ2n) is 3.99. The van der Waals surface area contributed by atoms with Crippen molar-refractivity contribution in [3.8, 4) is 5.75 Å². The third-order valence-corrected chi connectivity index (χ3v) is 3.48. The molecule has 0 fully saturated rings. The smallest absolute Gasteiger partial charge is 0.120 e. The fraction of sp³-hybridized carbons (Fsp3) is 0.429. The Balaban J connectivity index is 2.07. The molecule has 0 saturated carbocycles. The normalized spacial score (nSPS) is 12.1. The van der Waals surface area contributed by atoms with E-state index in [-0.39, 0.29) is 6.61 Å². The molecule has 19 heavy (non-hydrogen) atoms. The molecule has 0 heterocycles. The molecule has 2 N–H and O–H groups in total. The van der Waals surface area contributed by atoms with E-state index in [0.717, 1.165) is 18.1 Å². The van der Waals surface area contributed by atoms with E-state index in [1.54, 1.807) is 12.1 Å². The van der Waals surface area contributed by atoms with Gasteiger partial charge in [-0.2, -0.15) is 11.8 Å². The average molecular weight is 302 g/mol. The summed E-state index contributed by atoms with van der Waals surface area (Å²) in [4.78, 5) is 0. The molecule has 0 aliphatic rings. The Kier molecular flexibility index (Phi) is 8.75. The van der Waals surface area contributed by atoms with Crippen molar-refractivity contribution in [3.05, 3.63) is 41.9 Å². The topological polar surface area (TPSA) is 41.5 Å². The van der Waals surface area contributed by atoms with Gasteiger partial charge in [-0.1, -0.05) is 23.7 Å². The molecule has 5 heteroatoms. The number of nitrogens with one attached hydrogen (secondary N) is 1. The van der Waals surface area contributed by atoms with E-state index in [1.807, 2.05) is 30.0 Å². The van der Waals surface area contributed by atoms with E-state index in [0.29, 0.717) is 17.3 Å². The molecule has 0 bridgehead atoms. The maximum atomic E-state index is 9.74. The van der Waals surface area contributed by atoms with Gasteiger partial charge in [0.05, 0.1) is 0 Å². The third-order valence-electron chi connectivity index (χ3n) is 2.28. The summed E-state index contributed by atoms with van der Waals surface area (Å²) in [5.41, 5.74) is 0. The molecule has 1 aromatic rings. The van der Waals surface area contributed by atoms with Gasteiger partial charge in [0.2, 0.25) is 0 Å². The number of hydrogen-bond donors (Lipinski definition) is 2. The molecule has 0 amide bonds. The lowest BCUT2D eigenvalue weighted by molar-refractivity contribution is 0.107. The van der Waals surface area contributed by atoms with Gasteiger partial charge < -0.3 is 15.2 Å². The summed E-state index contributed by atoms with van der Waals surface area (Å²) in [7, 11) is 0. The van der Waals surface area contributed by atoms with E-state index in [9.17, 15) is 5.11 Å². The third kappa shape index (κ3) is 8.16. The molecular weight excluding hydrogens is 282 g/mol. The van der Waals surface area contributed by atoms with Crippen LogP contribution < -0.4 is 10.1 Å². The summed E-state index contributed by atoms with van der Waals surface area (Å²) in [5.74, 6) is 2.64. The Hall–Kier alpha value is -0.680. The number of thioether (sulfide) groups is 1. The van der Waals surface area contributed by atoms with Crippen molar-refractivity contribution in [1.82, 2.24) is 5.32 Å². The number of aliphatic hydroxyl groups excluding tert-OH is 1. The quantitative estimate of drug-likeness (QED) is 0.515. The summed E-state index contributed by atoms with van der Waals surface area (Å²) in [6.07, 6.45) is 1.36. The number of aliphatic hydroxyl groups is 1. The van der Waals surface area contributed by atoms with Gasteiger partial charge in [-0.25, -0.2) is 0 Å². The van der Waals surface area contributed by atoms with E-state index >= 15 is 0 Å². The lowest BCUT2D eigenvalue weighted by Gasteiger charge is -2.13. The van der Waals surface area contributed by atoms with Crippen LogP contribution in [0.5, 0.6) is 5.75 Å². The lowest BCUT2D eigenvalue weighted by atomic mass is 10.3. The molecule has 0 aliphatic carbocycles. The van der Waals surface area contributed by atoms with Crippen molar-refractivity contribution < 1.29 is 9.84 Å². The predicted octanol–water partition coefficient (Wildman–Crippen LogP) is 2.59. The van der Waals surface area contributed by atoms with Crippen LogP contribution in [0.25, 0.3) is 0 Å². The van der Waals surface area contributed by atoms with E-state index in [1.165, 1.54) is 0 Å². The fourth-order valence-corrected chi connectivity index (χ4v) is 2.19. The highest BCUT2D eigenvalue weighted by Crippen LogP contribution is 2.17. The summed E-state index contributed by atoms with van der Waals surface area (Å²) >= 11 is 7.65. The summed E-state index contributed by atoms with van der Waals surface area (Å²) < 4.78 is 5.45. The minimum absolute atomic E-state index is 0.257. The predicted molar refractivity (Wildman–Crippen MR) is 83.3 cm³/mol. The molecule has 0 aliphatic heterocycles. The lowest BCUT2D eigenvalue weighted by Crippen LogP contribution is -2.32. The highest BCUT2D eigenvalue weighted by atomic mass is 35.5. The standard InChI is InChI=1S/C14H20ClNO2S/c1-2-7-19-8-6-16-10-13(17)11-18-14-5-3-4-12(15)9-14/h2-5,9,13,16-17H,1,6-8,10-11H2. The Morgan fingerprint density at radius 2 is 2.37 bits per heavy atom. The van der Waals surface area contributed by atoms with Crippen LogP contribution in [0, 0.1) is 0 Å². The van der Waals surface area contributed by atoms with Crippen LogP contribution in [0.2, 0.25) is 5.02 Å². The first-order valence-corrected chi connectivity index (χ1v) is 7.71. The van der Waals surface area contributed by atoms with Crippen molar-refractivity contribution in [2.45, 2.75) is 6.10 Å². The molecule has 1 atom stereocenters. The van der Waals surface area contributed by atoms with Gasteiger partial charge in [0.25, 0.3) is 0 Å².